The maximum Gasteiger partial charge on any atom is 0.174 e. The molecule has 12 heavy (non-hydrogen) atoms. The third-order valence-electron chi connectivity index (χ3n) is 1.22. The van der Waals surface area contributed by atoms with Crippen molar-refractivity contribution < 1.29 is 4.79 Å². The summed E-state index contributed by atoms with van der Waals surface area (Å²) in [5, 5.41) is 7.90. The minimum Gasteiger partial charge on any atom is -0.300 e. The second kappa shape index (κ2) is 4.57. The molecule has 0 amide bonds. The van der Waals surface area contributed by atoms with Crippen LogP contribution in [-0.2, 0) is 4.79 Å². The van der Waals surface area contributed by atoms with E-state index >= 15 is 0 Å². The lowest BCUT2D eigenvalue weighted by atomic mass is 10.2. The van der Waals surface area contributed by atoms with Crippen molar-refractivity contribution in [2.24, 2.45) is 0 Å². The normalized spacial score (nSPS) is 12.8. The number of ketones is 1. The van der Waals surface area contributed by atoms with Crippen molar-refractivity contribution in [1.29, 1.82) is 0 Å². The van der Waals surface area contributed by atoms with Gasteiger partial charge in [0.15, 0.2) is 4.34 Å². The van der Waals surface area contributed by atoms with Crippen LogP contribution in [0, 0.1) is 0 Å². The van der Waals surface area contributed by atoms with Crippen molar-refractivity contribution in [1.82, 2.24) is 10.2 Å². The summed E-state index contributed by atoms with van der Waals surface area (Å²) >= 11 is 3.11. The zero-order chi connectivity index (χ0) is 8.97. The highest BCUT2D eigenvalue weighted by atomic mass is 32.2. The van der Waals surface area contributed by atoms with Gasteiger partial charge in [0.05, 0.1) is 0 Å². The van der Waals surface area contributed by atoms with Gasteiger partial charge in [-0.1, -0.05) is 30.0 Å². The Balaban J connectivity index is 2.36. The van der Waals surface area contributed by atoms with E-state index in [1.54, 1.807) is 24.2 Å². The lowest BCUT2D eigenvalue weighted by molar-refractivity contribution is -0.116. The predicted octanol–water partition coefficient (Wildman–Crippen LogP) is 2.00. The first kappa shape index (κ1) is 9.67. The minimum absolute atomic E-state index is 0.222. The van der Waals surface area contributed by atoms with Gasteiger partial charge in [-0.2, -0.15) is 0 Å². The van der Waals surface area contributed by atoms with E-state index in [1.807, 2.05) is 6.92 Å². The number of Topliss-reactive ketones (excluding diaryl/α,β-unsaturated/α-hetero) is 1. The Morgan fingerprint density at radius 1 is 1.83 bits per heavy atom. The number of carbonyl (C=O) groups excluding carboxylic acids is 1. The molecule has 1 heterocycles. The lowest BCUT2D eigenvalue weighted by Crippen LogP contribution is -2.02. The molecule has 0 radical (unpaired) electrons. The number of hydrogen-bond donors (Lipinski definition) is 0. The molecular formula is C7H10N2OS2. The van der Waals surface area contributed by atoms with Gasteiger partial charge in [0.1, 0.15) is 11.3 Å². The molecule has 0 aliphatic rings. The third kappa shape index (κ3) is 3.32. The van der Waals surface area contributed by atoms with Crippen LogP contribution in [-0.4, -0.2) is 21.2 Å². The monoisotopic (exact) mass is 202 g/mol. The van der Waals surface area contributed by atoms with Gasteiger partial charge in [0.2, 0.25) is 0 Å². The Morgan fingerprint density at radius 3 is 3.08 bits per heavy atom. The highest BCUT2D eigenvalue weighted by Gasteiger charge is 2.08. The molecule has 1 unspecified atom stereocenters. The molecule has 1 aromatic rings. The molecule has 0 bridgehead atoms. The number of hydrogen-bond acceptors (Lipinski definition) is 5. The second-order valence-corrected chi connectivity index (χ2v) is 5.06. The first-order valence-electron chi connectivity index (χ1n) is 3.60. The third-order valence-corrected chi connectivity index (χ3v) is 3.13. The highest BCUT2D eigenvalue weighted by molar-refractivity contribution is 8.01. The van der Waals surface area contributed by atoms with Crippen LogP contribution in [0.2, 0.25) is 0 Å². The van der Waals surface area contributed by atoms with Crippen LogP contribution >= 0.6 is 23.1 Å². The zero-order valence-corrected chi connectivity index (χ0v) is 8.61. The topological polar surface area (TPSA) is 42.9 Å². The van der Waals surface area contributed by atoms with E-state index < -0.39 is 0 Å². The minimum atomic E-state index is 0.222. The molecule has 5 heteroatoms. The summed E-state index contributed by atoms with van der Waals surface area (Å²) in [5.41, 5.74) is 1.70. The van der Waals surface area contributed by atoms with Crippen LogP contribution < -0.4 is 0 Å². The summed E-state index contributed by atoms with van der Waals surface area (Å²) in [6, 6.07) is 0. The molecule has 0 saturated heterocycles. The quantitative estimate of drug-likeness (QED) is 0.700. The SMILES string of the molecule is CC(=O)CC(C)Sc1nncs1. The maximum atomic E-state index is 10.7. The molecule has 0 fully saturated rings. The standard InChI is InChI=1S/C7H10N2OS2/c1-5(10)3-6(2)12-7-9-8-4-11-7/h4,6H,3H2,1-2H3. The molecule has 1 rings (SSSR count). The van der Waals surface area contributed by atoms with Crippen molar-refractivity contribution in [3.8, 4) is 0 Å². The molecule has 0 saturated carbocycles. The number of thioether (sulfide) groups is 1. The van der Waals surface area contributed by atoms with Gasteiger partial charge in [-0.3, -0.25) is 4.79 Å². The van der Waals surface area contributed by atoms with Gasteiger partial charge in [-0.25, -0.2) is 0 Å². The highest BCUT2D eigenvalue weighted by Crippen LogP contribution is 2.25. The fourth-order valence-electron chi connectivity index (χ4n) is 0.833. The largest absolute Gasteiger partial charge is 0.300 e. The number of carbonyl (C=O) groups is 1. The van der Waals surface area contributed by atoms with Gasteiger partial charge in [0.25, 0.3) is 0 Å². The van der Waals surface area contributed by atoms with Crippen molar-refractivity contribution in [3.05, 3.63) is 5.51 Å². The first-order chi connectivity index (χ1) is 5.68. The molecule has 66 valence electrons. The molecule has 0 spiro atoms. The number of nitrogens with zero attached hydrogens (tertiary/aromatic N) is 2. The van der Waals surface area contributed by atoms with Crippen molar-refractivity contribution in [3.63, 3.8) is 0 Å². The molecule has 0 aromatic carbocycles. The maximum absolute atomic E-state index is 10.7. The summed E-state index contributed by atoms with van der Waals surface area (Å²) in [7, 11) is 0. The van der Waals surface area contributed by atoms with E-state index in [0.29, 0.717) is 11.7 Å². The van der Waals surface area contributed by atoms with Gasteiger partial charge in [0, 0.05) is 11.7 Å². The average molecular weight is 202 g/mol. The second-order valence-electron chi connectivity index (χ2n) is 2.54. The van der Waals surface area contributed by atoms with Crippen LogP contribution in [0.15, 0.2) is 9.85 Å². The van der Waals surface area contributed by atoms with Crippen LogP contribution in [0.4, 0.5) is 0 Å². The van der Waals surface area contributed by atoms with Crippen LogP contribution in [0.3, 0.4) is 0 Å². The fraction of sp³-hybridized carbons (Fsp3) is 0.571. The Bertz CT molecular complexity index is 248. The Labute approximate surface area is 79.6 Å². The van der Waals surface area contributed by atoms with Gasteiger partial charge >= 0.3 is 0 Å². The fourth-order valence-corrected chi connectivity index (χ4v) is 2.71. The summed E-state index contributed by atoms with van der Waals surface area (Å²) in [6.07, 6.45) is 0.601. The van der Waals surface area contributed by atoms with Gasteiger partial charge in [-0.05, 0) is 6.92 Å². The summed E-state index contributed by atoms with van der Waals surface area (Å²) < 4.78 is 0.934. The van der Waals surface area contributed by atoms with E-state index in [-0.39, 0.29) is 5.78 Å². The molecule has 0 N–H and O–H groups in total. The van der Waals surface area contributed by atoms with E-state index in [4.69, 9.17) is 0 Å². The van der Waals surface area contributed by atoms with E-state index in [0.717, 1.165) is 4.34 Å². The summed E-state index contributed by atoms with van der Waals surface area (Å²) in [5.74, 6) is 0.222. The Morgan fingerprint density at radius 2 is 2.58 bits per heavy atom. The number of aromatic nitrogens is 2. The van der Waals surface area contributed by atoms with Crippen molar-refractivity contribution in [2.45, 2.75) is 29.9 Å². The molecule has 1 atom stereocenters. The van der Waals surface area contributed by atoms with Crippen LogP contribution in [0.25, 0.3) is 0 Å². The Hall–Kier alpha value is -0.420. The lowest BCUT2D eigenvalue weighted by Gasteiger charge is -2.04. The zero-order valence-electron chi connectivity index (χ0n) is 6.98. The number of rotatable bonds is 4. The van der Waals surface area contributed by atoms with Gasteiger partial charge < -0.3 is 0 Å². The molecular weight excluding hydrogens is 192 g/mol. The van der Waals surface area contributed by atoms with Crippen LogP contribution in [0.1, 0.15) is 20.3 Å². The van der Waals surface area contributed by atoms with E-state index in [9.17, 15) is 4.79 Å². The average Bonchev–Trinajstić information content (AvgIpc) is 2.37. The molecule has 3 nitrogen and oxygen atoms in total. The summed E-state index contributed by atoms with van der Waals surface area (Å²) in [6.45, 7) is 3.63. The molecule has 0 aliphatic heterocycles. The van der Waals surface area contributed by atoms with Crippen molar-refractivity contribution in [2.75, 3.05) is 0 Å². The smallest absolute Gasteiger partial charge is 0.174 e. The van der Waals surface area contributed by atoms with Gasteiger partial charge in [-0.15, -0.1) is 10.2 Å². The summed E-state index contributed by atoms with van der Waals surface area (Å²) in [4.78, 5) is 10.7. The molecule has 1 aromatic heterocycles. The Kier molecular flexibility index (Phi) is 3.68. The van der Waals surface area contributed by atoms with E-state index in [2.05, 4.69) is 10.2 Å². The first-order valence-corrected chi connectivity index (χ1v) is 5.36. The molecule has 0 aliphatic carbocycles. The van der Waals surface area contributed by atoms with E-state index in [1.165, 1.54) is 11.3 Å². The van der Waals surface area contributed by atoms with Crippen LogP contribution in [0.5, 0.6) is 0 Å². The predicted molar refractivity (Wildman–Crippen MR) is 50.5 cm³/mol. The van der Waals surface area contributed by atoms with Crippen molar-refractivity contribution >= 4 is 28.9 Å².